The SMILES string of the molecule is CC(C)(C)c1ccc(C(=O)N[C@H](N[C@@H]2CCS(=O)(=O)C2)C(Cl)(Cl)Cl)cc1. The van der Waals surface area contributed by atoms with Gasteiger partial charge < -0.3 is 5.32 Å². The van der Waals surface area contributed by atoms with Gasteiger partial charge in [-0.05, 0) is 29.5 Å². The molecule has 2 rings (SSSR count). The second-order valence-corrected chi connectivity index (χ2v) is 12.1. The number of rotatable bonds is 4. The Morgan fingerprint density at radius 2 is 1.73 bits per heavy atom. The fourth-order valence-electron chi connectivity index (χ4n) is 2.72. The molecule has 0 unspecified atom stereocenters. The lowest BCUT2D eigenvalue weighted by atomic mass is 9.87. The Labute approximate surface area is 169 Å². The molecule has 0 aromatic heterocycles. The van der Waals surface area contributed by atoms with Crippen LogP contribution in [0.1, 0.15) is 43.1 Å². The van der Waals surface area contributed by atoms with Gasteiger partial charge in [-0.25, -0.2) is 8.42 Å². The summed E-state index contributed by atoms with van der Waals surface area (Å²) in [5, 5.41) is 5.59. The first-order valence-electron chi connectivity index (χ1n) is 8.22. The van der Waals surface area contributed by atoms with Crippen LogP contribution in [0.4, 0.5) is 0 Å². The molecule has 0 spiro atoms. The van der Waals surface area contributed by atoms with Crippen molar-refractivity contribution in [3.63, 3.8) is 0 Å². The number of hydrogen-bond donors (Lipinski definition) is 2. The predicted molar refractivity (Wildman–Crippen MR) is 107 cm³/mol. The molecule has 1 aromatic carbocycles. The van der Waals surface area contributed by atoms with E-state index in [0.717, 1.165) is 5.56 Å². The van der Waals surface area contributed by atoms with Gasteiger partial charge in [-0.1, -0.05) is 67.7 Å². The van der Waals surface area contributed by atoms with Gasteiger partial charge in [0.15, 0.2) is 9.84 Å². The molecular weight excluding hydrogens is 419 g/mol. The smallest absolute Gasteiger partial charge is 0.252 e. The van der Waals surface area contributed by atoms with Crippen LogP contribution in [-0.4, -0.2) is 41.8 Å². The molecule has 2 N–H and O–H groups in total. The zero-order valence-electron chi connectivity index (χ0n) is 14.9. The number of carbonyl (C=O) groups is 1. The Morgan fingerprint density at radius 1 is 1.15 bits per heavy atom. The third kappa shape index (κ3) is 5.99. The molecule has 0 aliphatic carbocycles. The molecule has 0 saturated carbocycles. The fourth-order valence-corrected chi connectivity index (χ4v) is 4.76. The predicted octanol–water partition coefficient (Wildman–Crippen LogP) is 3.19. The van der Waals surface area contributed by atoms with Crippen LogP contribution in [0, 0.1) is 0 Å². The Hall–Kier alpha value is -0.530. The lowest BCUT2D eigenvalue weighted by Crippen LogP contribution is -2.56. The maximum absolute atomic E-state index is 12.5. The van der Waals surface area contributed by atoms with Crippen LogP contribution in [0.25, 0.3) is 0 Å². The van der Waals surface area contributed by atoms with E-state index >= 15 is 0 Å². The molecule has 0 radical (unpaired) electrons. The van der Waals surface area contributed by atoms with Crippen LogP contribution < -0.4 is 10.6 Å². The first kappa shape index (κ1) is 21.8. The maximum atomic E-state index is 12.5. The summed E-state index contributed by atoms with van der Waals surface area (Å²) in [7, 11) is -3.09. The number of halogens is 3. The van der Waals surface area contributed by atoms with E-state index in [2.05, 4.69) is 31.4 Å². The lowest BCUT2D eigenvalue weighted by Gasteiger charge is -2.29. The summed E-state index contributed by atoms with van der Waals surface area (Å²) >= 11 is 17.9. The van der Waals surface area contributed by atoms with E-state index in [4.69, 9.17) is 34.8 Å². The molecule has 9 heteroatoms. The third-order valence-electron chi connectivity index (χ3n) is 4.25. The summed E-state index contributed by atoms with van der Waals surface area (Å²) in [4.78, 5) is 12.5. The van der Waals surface area contributed by atoms with Crippen molar-refractivity contribution < 1.29 is 13.2 Å². The molecule has 1 heterocycles. The van der Waals surface area contributed by atoms with Crippen LogP contribution in [0.15, 0.2) is 24.3 Å². The molecule has 0 bridgehead atoms. The highest BCUT2D eigenvalue weighted by Gasteiger charge is 2.38. The van der Waals surface area contributed by atoms with Crippen LogP contribution in [-0.2, 0) is 15.3 Å². The summed E-state index contributed by atoms with van der Waals surface area (Å²) in [6.07, 6.45) is -0.601. The number of nitrogens with one attached hydrogen (secondary N) is 2. The molecule has 1 aliphatic rings. The van der Waals surface area contributed by atoms with Gasteiger partial charge in [0.1, 0.15) is 6.17 Å². The maximum Gasteiger partial charge on any atom is 0.252 e. The van der Waals surface area contributed by atoms with E-state index in [-0.39, 0.29) is 23.0 Å². The quantitative estimate of drug-likeness (QED) is 0.556. The molecule has 26 heavy (non-hydrogen) atoms. The molecule has 1 saturated heterocycles. The number of amides is 1. The molecule has 1 amide bonds. The molecule has 2 atom stereocenters. The molecule has 1 aliphatic heterocycles. The average molecular weight is 442 g/mol. The van der Waals surface area contributed by atoms with E-state index in [1.807, 2.05) is 12.1 Å². The van der Waals surface area contributed by atoms with Gasteiger partial charge >= 0.3 is 0 Å². The zero-order chi connectivity index (χ0) is 19.8. The number of benzene rings is 1. The largest absolute Gasteiger partial charge is 0.333 e. The van der Waals surface area contributed by atoms with Gasteiger partial charge in [-0.15, -0.1) is 0 Å². The molecule has 146 valence electrons. The summed E-state index contributed by atoms with van der Waals surface area (Å²) in [6, 6.07) is 6.83. The summed E-state index contributed by atoms with van der Waals surface area (Å²) in [5.74, 6) is -0.366. The average Bonchev–Trinajstić information content (AvgIpc) is 2.84. The zero-order valence-corrected chi connectivity index (χ0v) is 17.9. The Balaban J connectivity index is 2.09. The van der Waals surface area contributed by atoms with Gasteiger partial charge in [0.25, 0.3) is 5.91 Å². The van der Waals surface area contributed by atoms with Crippen LogP contribution >= 0.6 is 34.8 Å². The normalized spacial score (nSPS) is 21.4. The topological polar surface area (TPSA) is 75.3 Å². The summed E-state index contributed by atoms with van der Waals surface area (Å²) in [6.45, 7) is 6.25. The van der Waals surface area contributed by atoms with Crippen molar-refractivity contribution in [1.29, 1.82) is 0 Å². The van der Waals surface area contributed by atoms with E-state index in [1.54, 1.807) is 12.1 Å². The number of carbonyl (C=O) groups excluding carboxylic acids is 1. The second-order valence-electron chi connectivity index (χ2n) is 7.54. The van der Waals surface area contributed by atoms with Crippen molar-refractivity contribution in [2.75, 3.05) is 11.5 Å². The lowest BCUT2D eigenvalue weighted by molar-refractivity contribution is 0.0927. The van der Waals surface area contributed by atoms with Gasteiger partial charge in [-0.2, -0.15) is 0 Å². The van der Waals surface area contributed by atoms with Crippen LogP contribution in [0.2, 0.25) is 0 Å². The minimum Gasteiger partial charge on any atom is -0.333 e. The fraction of sp³-hybridized carbons (Fsp3) is 0.588. The van der Waals surface area contributed by atoms with Crippen LogP contribution in [0.5, 0.6) is 0 Å². The van der Waals surface area contributed by atoms with Crippen molar-refractivity contribution in [2.24, 2.45) is 0 Å². The third-order valence-corrected chi connectivity index (χ3v) is 6.67. The standard InChI is InChI=1S/C17H23Cl3N2O3S/c1-16(2,3)12-6-4-11(5-7-12)14(23)22-15(17(18,19)20)21-13-8-9-26(24,25)10-13/h4-7,13,15,21H,8-10H2,1-3H3,(H,22,23)/t13-,15+/m1/s1. The second kappa shape index (κ2) is 7.84. The minimum absolute atomic E-state index is 0.0232. The summed E-state index contributed by atoms with van der Waals surface area (Å²) in [5.41, 5.74) is 1.50. The highest BCUT2D eigenvalue weighted by atomic mass is 35.6. The van der Waals surface area contributed by atoms with E-state index < -0.39 is 25.7 Å². The van der Waals surface area contributed by atoms with Crippen molar-refractivity contribution in [3.05, 3.63) is 35.4 Å². The number of alkyl halides is 3. The highest BCUT2D eigenvalue weighted by Crippen LogP contribution is 2.30. The van der Waals surface area contributed by atoms with Gasteiger partial charge in [-0.3, -0.25) is 10.1 Å². The highest BCUT2D eigenvalue weighted by molar-refractivity contribution is 7.91. The first-order chi connectivity index (χ1) is 11.8. The van der Waals surface area contributed by atoms with Crippen LogP contribution in [0.3, 0.4) is 0 Å². The molecule has 5 nitrogen and oxygen atoms in total. The Bertz CT molecular complexity index is 753. The molecular formula is C17H23Cl3N2O3S. The van der Waals surface area contributed by atoms with Crippen molar-refractivity contribution >= 4 is 50.5 Å². The van der Waals surface area contributed by atoms with Gasteiger partial charge in [0.2, 0.25) is 3.79 Å². The van der Waals surface area contributed by atoms with Crippen molar-refractivity contribution in [3.8, 4) is 0 Å². The van der Waals surface area contributed by atoms with Gasteiger partial charge in [0, 0.05) is 11.6 Å². The monoisotopic (exact) mass is 440 g/mol. The van der Waals surface area contributed by atoms with E-state index in [9.17, 15) is 13.2 Å². The molecule has 1 fully saturated rings. The van der Waals surface area contributed by atoms with Crippen molar-refractivity contribution in [2.45, 2.75) is 48.6 Å². The van der Waals surface area contributed by atoms with E-state index in [0.29, 0.717) is 12.0 Å². The van der Waals surface area contributed by atoms with E-state index in [1.165, 1.54) is 0 Å². The first-order valence-corrected chi connectivity index (χ1v) is 11.2. The molecule has 1 aromatic rings. The number of hydrogen-bond acceptors (Lipinski definition) is 4. The number of sulfone groups is 1. The Morgan fingerprint density at radius 3 is 2.15 bits per heavy atom. The van der Waals surface area contributed by atoms with Crippen molar-refractivity contribution in [1.82, 2.24) is 10.6 Å². The van der Waals surface area contributed by atoms with Gasteiger partial charge in [0.05, 0.1) is 11.5 Å². The summed E-state index contributed by atoms with van der Waals surface area (Å²) < 4.78 is 21.4. The minimum atomic E-state index is -3.09. The Kier molecular flexibility index (Phi) is 6.56.